The average molecular weight is 406 g/mol. The van der Waals surface area contributed by atoms with Crippen LogP contribution >= 0.6 is 11.6 Å². The molecule has 2 unspecified atom stereocenters. The number of hydrogen-bond acceptors (Lipinski definition) is 3. The summed E-state index contributed by atoms with van der Waals surface area (Å²) in [6.45, 7) is 8.38. The first-order valence-corrected chi connectivity index (χ1v) is 10.2. The fourth-order valence-corrected chi connectivity index (χ4v) is 4.49. The van der Waals surface area contributed by atoms with Gasteiger partial charge in [-0.3, -0.25) is 4.79 Å². The van der Waals surface area contributed by atoms with Gasteiger partial charge in [0.05, 0.1) is 6.42 Å². The Kier molecular flexibility index (Phi) is 6.62. The fraction of sp³-hybridized carbons (Fsp3) is 0.524. The number of hydrogen-bond donors (Lipinski definition) is 3. The highest BCUT2D eigenvalue weighted by atomic mass is 35.5. The van der Waals surface area contributed by atoms with Crippen LogP contribution in [0.3, 0.4) is 0 Å². The van der Waals surface area contributed by atoms with E-state index in [2.05, 4.69) is 29.0 Å². The minimum atomic E-state index is -1.08. The lowest BCUT2D eigenvalue weighted by Crippen LogP contribution is -2.40. The average Bonchev–Trinajstić information content (AvgIpc) is 2.96. The Bertz CT molecular complexity index is 854. The second-order valence-electron chi connectivity index (χ2n) is 8.06. The number of aromatic carboxylic acids is 1. The number of rotatable bonds is 7. The minimum absolute atomic E-state index is 0.0136. The van der Waals surface area contributed by atoms with Gasteiger partial charge in [0, 0.05) is 41.1 Å². The monoisotopic (exact) mass is 405 g/mol. The maximum Gasteiger partial charge on any atom is 0.352 e. The highest BCUT2D eigenvalue weighted by Gasteiger charge is 2.22. The zero-order valence-electron chi connectivity index (χ0n) is 16.4. The van der Waals surface area contributed by atoms with Gasteiger partial charge in [0.2, 0.25) is 5.91 Å². The number of aromatic nitrogens is 1. The number of H-pyrrole nitrogens is 1. The van der Waals surface area contributed by atoms with Crippen molar-refractivity contribution in [3.05, 3.63) is 34.5 Å². The first kappa shape index (κ1) is 20.7. The summed E-state index contributed by atoms with van der Waals surface area (Å²) in [6.07, 6.45) is 2.18. The number of carbonyl (C=O) groups is 2. The van der Waals surface area contributed by atoms with Crippen molar-refractivity contribution in [2.24, 2.45) is 11.8 Å². The lowest BCUT2D eigenvalue weighted by atomic mass is 9.92. The number of aromatic amines is 1. The summed E-state index contributed by atoms with van der Waals surface area (Å²) >= 11 is 6.05. The zero-order chi connectivity index (χ0) is 20.3. The summed E-state index contributed by atoms with van der Waals surface area (Å²) < 4.78 is 0. The molecule has 3 N–H and O–H groups in total. The molecule has 0 radical (unpaired) electrons. The van der Waals surface area contributed by atoms with E-state index in [1.54, 1.807) is 18.2 Å². The number of nitrogens with one attached hydrogen (secondary N) is 2. The van der Waals surface area contributed by atoms with Crippen LogP contribution < -0.4 is 5.32 Å². The molecule has 1 amide bonds. The third-order valence-electron chi connectivity index (χ3n) is 5.34. The molecule has 6 nitrogen and oxygen atoms in total. The number of nitrogens with zero attached hydrogens (tertiary/aromatic N) is 1. The molecule has 1 saturated heterocycles. The molecular formula is C21H28ClN3O3. The third kappa shape index (κ3) is 5.06. The van der Waals surface area contributed by atoms with Gasteiger partial charge in [-0.2, -0.15) is 0 Å². The molecule has 0 bridgehead atoms. The number of piperidine rings is 1. The number of likely N-dealkylation sites (tertiary alicyclic amines) is 1. The number of benzene rings is 1. The predicted molar refractivity (Wildman–Crippen MR) is 111 cm³/mol. The molecular weight excluding hydrogens is 378 g/mol. The molecule has 1 aromatic heterocycles. The minimum Gasteiger partial charge on any atom is -0.477 e. The van der Waals surface area contributed by atoms with Crippen LogP contribution in [-0.2, 0) is 11.2 Å². The molecule has 1 aliphatic heterocycles. The van der Waals surface area contributed by atoms with Gasteiger partial charge in [-0.25, -0.2) is 4.79 Å². The first-order chi connectivity index (χ1) is 13.3. The summed E-state index contributed by atoms with van der Waals surface area (Å²) in [5.41, 5.74) is 1.18. The Morgan fingerprint density at radius 1 is 1.29 bits per heavy atom. The normalized spacial score (nSPS) is 20.4. The summed E-state index contributed by atoms with van der Waals surface area (Å²) in [5.74, 6) is 0.190. The van der Waals surface area contributed by atoms with Crippen molar-refractivity contribution in [1.29, 1.82) is 0 Å². The van der Waals surface area contributed by atoms with Gasteiger partial charge < -0.3 is 20.3 Å². The SMILES string of the molecule is CC1CC(C)CN(CCCNC(=O)Cc2c(C(=O)O)[nH]c3ccc(Cl)cc23)C1. The molecule has 1 aliphatic rings. The molecule has 1 aromatic carbocycles. The highest BCUT2D eigenvalue weighted by molar-refractivity contribution is 6.31. The maximum atomic E-state index is 12.4. The van der Waals surface area contributed by atoms with E-state index in [9.17, 15) is 14.7 Å². The van der Waals surface area contributed by atoms with E-state index in [0.29, 0.717) is 28.0 Å². The molecule has 3 rings (SSSR count). The molecule has 1 fully saturated rings. The number of carbonyl (C=O) groups excluding carboxylic acids is 1. The van der Waals surface area contributed by atoms with Crippen molar-refractivity contribution < 1.29 is 14.7 Å². The molecule has 28 heavy (non-hydrogen) atoms. The van der Waals surface area contributed by atoms with Crippen molar-refractivity contribution in [3.8, 4) is 0 Å². The lowest BCUT2D eigenvalue weighted by molar-refractivity contribution is -0.120. The van der Waals surface area contributed by atoms with Gasteiger partial charge in [0.25, 0.3) is 0 Å². The van der Waals surface area contributed by atoms with Gasteiger partial charge in [0.15, 0.2) is 0 Å². The molecule has 7 heteroatoms. The van der Waals surface area contributed by atoms with Gasteiger partial charge in [-0.1, -0.05) is 25.4 Å². The van der Waals surface area contributed by atoms with E-state index in [-0.39, 0.29) is 18.0 Å². The van der Waals surface area contributed by atoms with Crippen LogP contribution in [0.2, 0.25) is 5.02 Å². The molecule has 2 atom stereocenters. The molecule has 2 aromatic rings. The first-order valence-electron chi connectivity index (χ1n) is 9.86. The van der Waals surface area contributed by atoms with Crippen LogP contribution in [0.25, 0.3) is 10.9 Å². The van der Waals surface area contributed by atoms with Crippen LogP contribution in [0.4, 0.5) is 0 Å². The number of carboxylic acid groups (broad SMARTS) is 1. The summed E-state index contributed by atoms with van der Waals surface area (Å²) in [4.78, 5) is 29.3. The summed E-state index contributed by atoms with van der Waals surface area (Å²) in [7, 11) is 0. The Hall–Kier alpha value is -2.05. The Morgan fingerprint density at radius 3 is 2.68 bits per heavy atom. The van der Waals surface area contributed by atoms with Crippen molar-refractivity contribution in [2.45, 2.75) is 33.1 Å². The molecule has 0 aliphatic carbocycles. The van der Waals surface area contributed by atoms with Crippen LogP contribution in [0.15, 0.2) is 18.2 Å². The molecule has 152 valence electrons. The van der Waals surface area contributed by atoms with E-state index in [1.165, 1.54) is 6.42 Å². The van der Waals surface area contributed by atoms with Crippen LogP contribution in [0.1, 0.15) is 42.7 Å². The van der Waals surface area contributed by atoms with Crippen molar-refractivity contribution in [2.75, 3.05) is 26.2 Å². The second kappa shape index (κ2) is 8.97. The predicted octanol–water partition coefficient (Wildman–Crippen LogP) is 3.55. The summed E-state index contributed by atoms with van der Waals surface area (Å²) in [6, 6.07) is 5.12. The van der Waals surface area contributed by atoms with Gasteiger partial charge in [-0.15, -0.1) is 0 Å². The summed E-state index contributed by atoms with van der Waals surface area (Å²) in [5, 5.41) is 13.6. The highest BCUT2D eigenvalue weighted by Crippen LogP contribution is 2.26. The van der Waals surface area contributed by atoms with E-state index in [1.807, 2.05) is 0 Å². The maximum absolute atomic E-state index is 12.4. The number of carboxylic acids is 1. The van der Waals surface area contributed by atoms with E-state index in [4.69, 9.17) is 11.6 Å². The smallest absolute Gasteiger partial charge is 0.352 e. The van der Waals surface area contributed by atoms with Gasteiger partial charge in [0.1, 0.15) is 5.69 Å². The number of halogens is 1. The van der Waals surface area contributed by atoms with Gasteiger partial charge in [-0.05, 0) is 49.4 Å². The van der Waals surface area contributed by atoms with Crippen LogP contribution in [-0.4, -0.2) is 53.0 Å². The number of fused-ring (bicyclic) bond motifs is 1. The van der Waals surface area contributed by atoms with Crippen molar-refractivity contribution >= 4 is 34.4 Å². The Morgan fingerprint density at radius 2 is 2.00 bits per heavy atom. The largest absolute Gasteiger partial charge is 0.477 e. The number of amides is 1. The van der Waals surface area contributed by atoms with E-state index in [0.717, 1.165) is 37.9 Å². The van der Waals surface area contributed by atoms with Crippen LogP contribution in [0.5, 0.6) is 0 Å². The fourth-order valence-electron chi connectivity index (χ4n) is 4.31. The topological polar surface area (TPSA) is 85.4 Å². The quantitative estimate of drug-likeness (QED) is 0.615. The van der Waals surface area contributed by atoms with E-state index < -0.39 is 5.97 Å². The molecule has 2 heterocycles. The zero-order valence-corrected chi connectivity index (χ0v) is 17.2. The van der Waals surface area contributed by atoms with Crippen LogP contribution in [0, 0.1) is 11.8 Å². The Balaban J connectivity index is 1.55. The second-order valence-corrected chi connectivity index (χ2v) is 8.50. The van der Waals surface area contributed by atoms with E-state index >= 15 is 0 Å². The lowest BCUT2D eigenvalue weighted by Gasteiger charge is -2.34. The molecule has 0 spiro atoms. The standard InChI is InChI=1S/C21H28ClN3O3/c1-13-8-14(2)12-25(11-13)7-3-6-23-19(26)10-17-16-9-15(22)4-5-18(16)24-20(17)21(27)28/h4-5,9,13-14,24H,3,6-8,10-12H2,1-2H3,(H,23,26)(H,27,28). The Labute approximate surface area is 170 Å². The van der Waals surface area contributed by atoms with Gasteiger partial charge >= 0.3 is 5.97 Å². The van der Waals surface area contributed by atoms with Crippen molar-refractivity contribution in [3.63, 3.8) is 0 Å². The molecule has 0 saturated carbocycles. The van der Waals surface area contributed by atoms with Crippen molar-refractivity contribution in [1.82, 2.24) is 15.2 Å². The third-order valence-corrected chi connectivity index (χ3v) is 5.57.